The van der Waals surface area contributed by atoms with Crippen molar-refractivity contribution in [2.24, 2.45) is 11.8 Å². The van der Waals surface area contributed by atoms with Crippen LogP contribution in [-0.2, 0) is 0 Å². The van der Waals surface area contributed by atoms with Crippen LogP contribution in [0.25, 0.3) is 0 Å². The molecular formula is C11H20N2. The molecule has 1 saturated heterocycles. The number of rotatable bonds is 1. The predicted octanol–water partition coefficient (Wildman–Crippen LogP) is 2.50. The van der Waals surface area contributed by atoms with E-state index in [1.54, 1.807) is 0 Å². The van der Waals surface area contributed by atoms with Crippen molar-refractivity contribution in [1.29, 1.82) is 5.41 Å². The summed E-state index contributed by atoms with van der Waals surface area (Å²) < 4.78 is 0. The molecule has 0 aromatic rings. The van der Waals surface area contributed by atoms with Crippen molar-refractivity contribution < 1.29 is 0 Å². The molecule has 0 bridgehead atoms. The Morgan fingerprint density at radius 1 is 1.23 bits per heavy atom. The van der Waals surface area contributed by atoms with Gasteiger partial charge in [-0.15, -0.1) is 0 Å². The standard InChI is InChI=1S/C11H20N2/c1-9-4-5-10(8-9)11(12)13-6-2-3-7-13/h9-10,12H,2-8H2,1H3. The van der Waals surface area contributed by atoms with Crippen LogP contribution in [0.4, 0.5) is 0 Å². The lowest BCUT2D eigenvalue weighted by molar-refractivity contribution is 0.465. The lowest BCUT2D eigenvalue weighted by atomic mass is 10.0. The van der Waals surface area contributed by atoms with Crippen molar-refractivity contribution in [2.75, 3.05) is 13.1 Å². The predicted molar refractivity (Wildman–Crippen MR) is 55.0 cm³/mol. The molecule has 0 spiro atoms. The van der Waals surface area contributed by atoms with Gasteiger partial charge in [0.05, 0.1) is 5.84 Å². The topological polar surface area (TPSA) is 27.1 Å². The summed E-state index contributed by atoms with van der Waals surface area (Å²) in [5.41, 5.74) is 0. The third-order valence-electron chi connectivity index (χ3n) is 3.53. The van der Waals surface area contributed by atoms with Crippen LogP contribution in [0.5, 0.6) is 0 Å². The molecule has 1 saturated carbocycles. The summed E-state index contributed by atoms with van der Waals surface area (Å²) >= 11 is 0. The van der Waals surface area contributed by atoms with Crippen LogP contribution >= 0.6 is 0 Å². The van der Waals surface area contributed by atoms with E-state index in [1.165, 1.54) is 32.1 Å². The maximum absolute atomic E-state index is 8.10. The lowest BCUT2D eigenvalue weighted by Gasteiger charge is -2.23. The second-order valence-corrected chi connectivity index (χ2v) is 4.69. The molecule has 13 heavy (non-hydrogen) atoms. The van der Waals surface area contributed by atoms with Crippen LogP contribution in [-0.4, -0.2) is 23.8 Å². The molecule has 1 aliphatic carbocycles. The van der Waals surface area contributed by atoms with E-state index in [1.807, 2.05) is 0 Å². The van der Waals surface area contributed by atoms with Gasteiger partial charge in [0, 0.05) is 19.0 Å². The van der Waals surface area contributed by atoms with Gasteiger partial charge in [-0.05, 0) is 38.0 Å². The van der Waals surface area contributed by atoms with Gasteiger partial charge in [0.1, 0.15) is 0 Å². The van der Waals surface area contributed by atoms with E-state index >= 15 is 0 Å². The van der Waals surface area contributed by atoms with Gasteiger partial charge < -0.3 is 4.90 Å². The molecule has 1 aliphatic heterocycles. The van der Waals surface area contributed by atoms with Crippen LogP contribution in [0.15, 0.2) is 0 Å². The molecule has 2 aliphatic rings. The quantitative estimate of drug-likeness (QED) is 0.487. The molecule has 2 fully saturated rings. The van der Waals surface area contributed by atoms with Crippen LogP contribution in [0, 0.1) is 17.2 Å². The molecule has 2 heteroatoms. The van der Waals surface area contributed by atoms with Gasteiger partial charge in [0.15, 0.2) is 0 Å². The molecule has 2 rings (SSSR count). The first-order valence-corrected chi connectivity index (χ1v) is 5.61. The summed E-state index contributed by atoms with van der Waals surface area (Å²) in [5, 5.41) is 8.10. The van der Waals surface area contributed by atoms with E-state index in [2.05, 4.69) is 11.8 Å². The van der Waals surface area contributed by atoms with Gasteiger partial charge in [-0.3, -0.25) is 5.41 Å². The second kappa shape index (κ2) is 3.69. The van der Waals surface area contributed by atoms with Crippen molar-refractivity contribution >= 4 is 5.84 Å². The summed E-state index contributed by atoms with van der Waals surface area (Å²) in [5.74, 6) is 2.39. The smallest absolute Gasteiger partial charge is 0.0989 e. The van der Waals surface area contributed by atoms with E-state index in [4.69, 9.17) is 5.41 Å². The second-order valence-electron chi connectivity index (χ2n) is 4.69. The summed E-state index contributed by atoms with van der Waals surface area (Å²) in [6.07, 6.45) is 6.45. The number of nitrogens with zero attached hydrogens (tertiary/aromatic N) is 1. The number of nitrogens with one attached hydrogen (secondary N) is 1. The van der Waals surface area contributed by atoms with Crippen molar-refractivity contribution in [3.8, 4) is 0 Å². The van der Waals surface area contributed by atoms with Crippen LogP contribution in [0.3, 0.4) is 0 Å². The van der Waals surface area contributed by atoms with Crippen molar-refractivity contribution in [3.05, 3.63) is 0 Å². The Labute approximate surface area is 80.8 Å². The van der Waals surface area contributed by atoms with E-state index in [9.17, 15) is 0 Å². The fourth-order valence-electron chi connectivity index (χ4n) is 2.67. The first kappa shape index (κ1) is 9.04. The molecule has 74 valence electrons. The summed E-state index contributed by atoms with van der Waals surface area (Å²) in [6.45, 7) is 4.60. The van der Waals surface area contributed by atoms with E-state index in [-0.39, 0.29) is 0 Å². The van der Waals surface area contributed by atoms with Crippen LogP contribution in [0.2, 0.25) is 0 Å². The van der Waals surface area contributed by atoms with Crippen LogP contribution < -0.4 is 0 Å². The van der Waals surface area contributed by atoms with Crippen LogP contribution in [0.1, 0.15) is 39.0 Å². The highest BCUT2D eigenvalue weighted by Gasteiger charge is 2.28. The molecule has 0 amide bonds. The van der Waals surface area contributed by atoms with Crippen molar-refractivity contribution in [1.82, 2.24) is 4.90 Å². The molecule has 1 heterocycles. The molecule has 0 aromatic heterocycles. The Morgan fingerprint density at radius 2 is 1.92 bits per heavy atom. The average molecular weight is 180 g/mol. The molecule has 1 N–H and O–H groups in total. The highest BCUT2D eigenvalue weighted by atomic mass is 15.2. The first-order chi connectivity index (χ1) is 6.27. The molecular weight excluding hydrogens is 160 g/mol. The zero-order chi connectivity index (χ0) is 9.26. The lowest BCUT2D eigenvalue weighted by Crippen LogP contribution is -2.32. The Hall–Kier alpha value is -0.530. The molecule has 0 radical (unpaired) electrons. The Morgan fingerprint density at radius 3 is 2.46 bits per heavy atom. The van der Waals surface area contributed by atoms with Gasteiger partial charge in [0.25, 0.3) is 0 Å². The van der Waals surface area contributed by atoms with Crippen molar-refractivity contribution in [2.45, 2.75) is 39.0 Å². The minimum absolute atomic E-state index is 0.591. The van der Waals surface area contributed by atoms with Gasteiger partial charge >= 0.3 is 0 Å². The van der Waals surface area contributed by atoms with Gasteiger partial charge in [-0.25, -0.2) is 0 Å². The maximum Gasteiger partial charge on any atom is 0.0989 e. The Kier molecular flexibility index (Phi) is 2.56. The Bertz CT molecular complexity index is 194. The largest absolute Gasteiger partial charge is 0.360 e. The number of hydrogen-bond donors (Lipinski definition) is 1. The fourth-order valence-corrected chi connectivity index (χ4v) is 2.67. The molecule has 0 aromatic carbocycles. The highest BCUT2D eigenvalue weighted by Crippen LogP contribution is 2.32. The third kappa shape index (κ3) is 1.87. The summed E-state index contributed by atoms with van der Waals surface area (Å²) in [4.78, 5) is 2.29. The van der Waals surface area contributed by atoms with Gasteiger partial charge in [0.2, 0.25) is 0 Å². The molecule has 2 nitrogen and oxygen atoms in total. The highest BCUT2D eigenvalue weighted by molar-refractivity contribution is 5.82. The minimum atomic E-state index is 0.591. The van der Waals surface area contributed by atoms with Gasteiger partial charge in [-0.1, -0.05) is 6.92 Å². The summed E-state index contributed by atoms with van der Waals surface area (Å²) in [7, 11) is 0. The third-order valence-corrected chi connectivity index (χ3v) is 3.53. The van der Waals surface area contributed by atoms with Crippen molar-refractivity contribution in [3.63, 3.8) is 0 Å². The zero-order valence-corrected chi connectivity index (χ0v) is 8.55. The molecule has 2 unspecified atom stereocenters. The summed E-state index contributed by atoms with van der Waals surface area (Å²) in [6, 6.07) is 0. The Balaban J connectivity index is 1.89. The van der Waals surface area contributed by atoms with E-state index in [0.717, 1.165) is 24.8 Å². The fraction of sp³-hybridized carbons (Fsp3) is 0.909. The average Bonchev–Trinajstić information content (AvgIpc) is 2.72. The van der Waals surface area contributed by atoms with E-state index in [0.29, 0.717) is 5.92 Å². The first-order valence-electron chi connectivity index (χ1n) is 5.61. The zero-order valence-electron chi connectivity index (χ0n) is 8.55. The molecule has 2 atom stereocenters. The monoisotopic (exact) mass is 180 g/mol. The number of amidine groups is 1. The number of hydrogen-bond acceptors (Lipinski definition) is 1. The minimum Gasteiger partial charge on any atom is -0.360 e. The van der Waals surface area contributed by atoms with E-state index < -0.39 is 0 Å². The maximum atomic E-state index is 8.10. The number of likely N-dealkylation sites (tertiary alicyclic amines) is 1. The normalized spacial score (nSPS) is 34.1. The SMILES string of the molecule is CC1CCC(C(=N)N2CCCC2)C1. The van der Waals surface area contributed by atoms with Gasteiger partial charge in [-0.2, -0.15) is 0 Å².